The fraction of sp³-hybridized carbons (Fsp3) is 0.588. The van der Waals surface area contributed by atoms with Gasteiger partial charge in [0.05, 0.1) is 23.2 Å². The van der Waals surface area contributed by atoms with Gasteiger partial charge in [0, 0.05) is 12.6 Å². The van der Waals surface area contributed by atoms with E-state index in [1.807, 2.05) is 32.9 Å². The zero-order chi connectivity index (χ0) is 15.6. The van der Waals surface area contributed by atoms with Crippen LogP contribution >= 0.6 is 0 Å². The van der Waals surface area contributed by atoms with Crippen molar-refractivity contribution in [2.45, 2.75) is 59.7 Å². The predicted octanol–water partition coefficient (Wildman–Crippen LogP) is 3.89. The molecule has 0 saturated heterocycles. The van der Waals surface area contributed by atoms with Gasteiger partial charge in [0.15, 0.2) is 0 Å². The molecule has 0 fully saturated rings. The van der Waals surface area contributed by atoms with Crippen LogP contribution in [0.3, 0.4) is 0 Å². The average Bonchev–Trinajstić information content (AvgIpc) is 2.73. The molecule has 0 radical (unpaired) electrons. The SMILES string of the molecule is CC(C)CCn1c(C(C)N)nc2cc(OC(C)C)ccc21. The first-order valence-electron chi connectivity index (χ1n) is 7.81. The number of ether oxygens (including phenoxy) is 1. The van der Waals surface area contributed by atoms with Crippen LogP contribution in [-0.4, -0.2) is 15.7 Å². The number of rotatable bonds is 6. The molecule has 0 bridgehead atoms. The molecule has 0 amide bonds. The molecule has 2 rings (SSSR count). The van der Waals surface area contributed by atoms with Gasteiger partial charge < -0.3 is 15.0 Å². The van der Waals surface area contributed by atoms with Crippen LogP contribution in [0.1, 0.15) is 52.9 Å². The summed E-state index contributed by atoms with van der Waals surface area (Å²) in [5.74, 6) is 2.47. The number of imidazole rings is 1. The molecule has 2 aromatic rings. The molecule has 4 heteroatoms. The number of hydrogen-bond donors (Lipinski definition) is 1. The summed E-state index contributed by atoms with van der Waals surface area (Å²) in [5, 5.41) is 0. The Balaban J connectivity index is 2.41. The highest BCUT2D eigenvalue weighted by Crippen LogP contribution is 2.25. The normalized spacial score (nSPS) is 13.3. The number of aryl methyl sites for hydroxylation is 1. The van der Waals surface area contributed by atoms with E-state index in [1.54, 1.807) is 0 Å². The Labute approximate surface area is 127 Å². The van der Waals surface area contributed by atoms with E-state index in [9.17, 15) is 0 Å². The van der Waals surface area contributed by atoms with Gasteiger partial charge in [0.2, 0.25) is 0 Å². The first-order valence-corrected chi connectivity index (χ1v) is 7.81. The quantitative estimate of drug-likeness (QED) is 0.877. The Morgan fingerprint density at radius 1 is 1.19 bits per heavy atom. The summed E-state index contributed by atoms with van der Waals surface area (Å²) in [6.45, 7) is 11.5. The third kappa shape index (κ3) is 3.76. The first-order chi connectivity index (χ1) is 9.88. The molecule has 116 valence electrons. The van der Waals surface area contributed by atoms with E-state index < -0.39 is 0 Å². The van der Waals surface area contributed by atoms with Gasteiger partial charge in [-0.15, -0.1) is 0 Å². The third-order valence-corrected chi connectivity index (χ3v) is 3.46. The second-order valence-corrected chi connectivity index (χ2v) is 6.41. The minimum Gasteiger partial charge on any atom is -0.491 e. The molecule has 1 unspecified atom stereocenters. The van der Waals surface area contributed by atoms with Crippen molar-refractivity contribution >= 4 is 11.0 Å². The maximum atomic E-state index is 6.09. The maximum absolute atomic E-state index is 6.09. The monoisotopic (exact) mass is 289 g/mol. The minimum absolute atomic E-state index is 0.0703. The van der Waals surface area contributed by atoms with Crippen LogP contribution in [0.4, 0.5) is 0 Å². The molecule has 1 aromatic carbocycles. The number of nitrogens with two attached hydrogens (primary N) is 1. The van der Waals surface area contributed by atoms with E-state index in [0.29, 0.717) is 5.92 Å². The molecule has 0 spiro atoms. The van der Waals surface area contributed by atoms with Crippen LogP contribution in [0.25, 0.3) is 11.0 Å². The summed E-state index contributed by atoms with van der Waals surface area (Å²) in [5.41, 5.74) is 8.19. The Kier molecular flexibility index (Phi) is 4.88. The standard InChI is InChI=1S/C17H27N3O/c1-11(2)8-9-20-16-7-6-14(21-12(3)4)10-15(16)19-17(20)13(5)18/h6-7,10-13H,8-9,18H2,1-5H3. The van der Waals surface area contributed by atoms with Crippen LogP contribution in [-0.2, 0) is 6.54 Å². The van der Waals surface area contributed by atoms with Gasteiger partial charge in [0.1, 0.15) is 11.6 Å². The lowest BCUT2D eigenvalue weighted by Gasteiger charge is -2.13. The van der Waals surface area contributed by atoms with Crippen LogP contribution in [0.15, 0.2) is 18.2 Å². The molecular formula is C17H27N3O. The van der Waals surface area contributed by atoms with Gasteiger partial charge in [0.25, 0.3) is 0 Å². The van der Waals surface area contributed by atoms with Gasteiger partial charge in [-0.1, -0.05) is 13.8 Å². The Hall–Kier alpha value is -1.55. The van der Waals surface area contributed by atoms with Crippen molar-refractivity contribution < 1.29 is 4.74 Å². The van der Waals surface area contributed by atoms with Gasteiger partial charge >= 0.3 is 0 Å². The van der Waals surface area contributed by atoms with E-state index in [4.69, 9.17) is 15.5 Å². The Morgan fingerprint density at radius 2 is 1.90 bits per heavy atom. The smallest absolute Gasteiger partial charge is 0.126 e. The number of nitrogens with zero attached hydrogens (tertiary/aromatic N) is 2. The third-order valence-electron chi connectivity index (χ3n) is 3.46. The molecule has 2 N–H and O–H groups in total. The second kappa shape index (κ2) is 6.48. The van der Waals surface area contributed by atoms with Crippen molar-refractivity contribution in [1.29, 1.82) is 0 Å². The average molecular weight is 289 g/mol. The van der Waals surface area contributed by atoms with Crippen molar-refractivity contribution in [1.82, 2.24) is 9.55 Å². The van der Waals surface area contributed by atoms with Crippen molar-refractivity contribution in [2.75, 3.05) is 0 Å². The highest BCUT2D eigenvalue weighted by atomic mass is 16.5. The minimum atomic E-state index is -0.0703. The topological polar surface area (TPSA) is 53.1 Å². The first kappa shape index (κ1) is 15.8. The Bertz CT molecular complexity index is 599. The van der Waals surface area contributed by atoms with E-state index >= 15 is 0 Å². The van der Waals surface area contributed by atoms with Crippen LogP contribution < -0.4 is 10.5 Å². The molecular weight excluding hydrogens is 262 g/mol. The lowest BCUT2D eigenvalue weighted by molar-refractivity contribution is 0.242. The molecule has 0 aliphatic carbocycles. The summed E-state index contributed by atoms with van der Waals surface area (Å²) < 4.78 is 8.00. The molecule has 1 heterocycles. The number of aromatic nitrogens is 2. The van der Waals surface area contributed by atoms with Crippen LogP contribution in [0, 0.1) is 5.92 Å². The van der Waals surface area contributed by atoms with Crippen LogP contribution in [0.5, 0.6) is 5.75 Å². The number of fused-ring (bicyclic) bond motifs is 1. The highest BCUT2D eigenvalue weighted by molar-refractivity contribution is 5.78. The van der Waals surface area contributed by atoms with E-state index in [-0.39, 0.29) is 12.1 Å². The fourth-order valence-electron chi connectivity index (χ4n) is 2.44. The molecule has 0 aliphatic rings. The van der Waals surface area contributed by atoms with Crippen LogP contribution in [0.2, 0.25) is 0 Å². The summed E-state index contributed by atoms with van der Waals surface area (Å²) in [7, 11) is 0. The Morgan fingerprint density at radius 3 is 2.48 bits per heavy atom. The van der Waals surface area contributed by atoms with E-state index in [0.717, 1.165) is 35.6 Å². The van der Waals surface area contributed by atoms with Crippen molar-refractivity contribution in [3.8, 4) is 5.75 Å². The lowest BCUT2D eigenvalue weighted by Crippen LogP contribution is -2.14. The van der Waals surface area contributed by atoms with E-state index in [1.165, 1.54) is 0 Å². The lowest BCUT2D eigenvalue weighted by atomic mass is 10.1. The zero-order valence-corrected chi connectivity index (χ0v) is 13.8. The fourth-order valence-corrected chi connectivity index (χ4v) is 2.44. The number of benzene rings is 1. The molecule has 21 heavy (non-hydrogen) atoms. The van der Waals surface area contributed by atoms with Crippen molar-refractivity contribution in [3.05, 3.63) is 24.0 Å². The van der Waals surface area contributed by atoms with Gasteiger partial charge in [-0.2, -0.15) is 0 Å². The predicted molar refractivity (Wildman–Crippen MR) is 87.6 cm³/mol. The summed E-state index contributed by atoms with van der Waals surface area (Å²) in [6, 6.07) is 6.04. The second-order valence-electron chi connectivity index (χ2n) is 6.41. The summed E-state index contributed by atoms with van der Waals surface area (Å²) >= 11 is 0. The van der Waals surface area contributed by atoms with Gasteiger partial charge in [-0.3, -0.25) is 0 Å². The molecule has 1 atom stereocenters. The summed E-state index contributed by atoms with van der Waals surface area (Å²) in [6.07, 6.45) is 1.29. The van der Waals surface area contributed by atoms with E-state index in [2.05, 4.69) is 24.5 Å². The highest BCUT2D eigenvalue weighted by Gasteiger charge is 2.15. The zero-order valence-electron chi connectivity index (χ0n) is 13.8. The number of hydrogen-bond acceptors (Lipinski definition) is 3. The van der Waals surface area contributed by atoms with Crippen molar-refractivity contribution in [3.63, 3.8) is 0 Å². The molecule has 0 saturated carbocycles. The molecule has 4 nitrogen and oxygen atoms in total. The van der Waals surface area contributed by atoms with Gasteiger partial charge in [-0.25, -0.2) is 4.98 Å². The largest absolute Gasteiger partial charge is 0.491 e. The van der Waals surface area contributed by atoms with Gasteiger partial charge in [-0.05, 0) is 45.2 Å². The van der Waals surface area contributed by atoms with Crippen molar-refractivity contribution in [2.24, 2.45) is 11.7 Å². The molecule has 0 aliphatic heterocycles. The maximum Gasteiger partial charge on any atom is 0.126 e. The summed E-state index contributed by atoms with van der Waals surface area (Å²) in [4.78, 5) is 4.72. The molecule has 1 aromatic heterocycles.